The molecule has 0 bridgehead atoms. The van der Waals surface area contributed by atoms with Gasteiger partial charge in [0.2, 0.25) is 5.91 Å². The molecule has 1 amide bonds. The maximum atomic E-state index is 12.0. The first-order valence-electron chi connectivity index (χ1n) is 7.15. The van der Waals surface area contributed by atoms with Gasteiger partial charge in [0.1, 0.15) is 6.04 Å². The normalized spacial score (nSPS) is 18.4. The first-order valence-corrected chi connectivity index (χ1v) is 7.53. The summed E-state index contributed by atoms with van der Waals surface area (Å²) >= 11 is 6.40. The van der Waals surface area contributed by atoms with Gasteiger partial charge in [-0.05, 0) is 31.0 Å². The van der Waals surface area contributed by atoms with Gasteiger partial charge in [-0.3, -0.25) is 4.79 Å². The fraction of sp³-hybridized carbons (Fsp3) is 0.533. The van der Waals surface area contributed by atoms with Crippen molar-refractivity contribution in [1.82, 2.24) is 10.6 Å². The number of hydrogen-bond donors (Lipinski definition) is 2. The highest BCUT2D eigenvalue weighted by Gasteiger charge is 2.32. The molecule has 4 nitrogen and oxygen atoms in total. The number of benzene rings is 1. The van der Waals surface area contributed by atoms with Crippen molar-refractivity contribution in [3.05, 3.63) is 28.8 Å². The first-order chi connectivity index (χ1) is 9.69. The van der Waals surface area contributed by atoms with Crippen molar-refractivity contribution < 1.29 is 4.79 Å². The van der Waals surface area contributed by atoms with E-state index in [2.05, 4.69) is 28.5 Å². The van der Waals surface area contributed by atoms with Crippen LogP contribution in [0.15, 0.2) is 18.2 Å². The van der Waals surface area contributed by atoms with Crippen LogP contribution < -0.4 is 15.5 Å². The zero-order valence-electron chi connectivity index (χ0n) is 12.1. The highest BCUT2D eigenvalue weighted by molar-refractivity contribution is 6.33. The van der Waals surface area contributed by atoms with E-state index in [0.717, 1.165) is 48.7 Å². The number of nitrogens with zero attached hydrogens (tertiary/aromatic N) is 1. The number of carbonyl (C=O) groups is 1. The van der Waals surface area contributed by atoms with Crippen LogP contribution in [0.25, 0.3) is 0 Å². The Morgan fingerprint density at radius 2 is 2.30 bits per heavy atom. The van der Waals surface area contributed by atoms with Gasteiger partial charge >= 0.3 is 0 Å². The molecule has 1 aromatic rings. The molecule has 20 heavy (non-hydrogen) atoms. The van der Waals surface area contributed by atoms with Crippen molar-refractivity contribution in [2.24, 2.45) is 0 Å². The predicted molar refractivity (Wildman–Crippen MR) is 83.3 cm³/mol. The Morgan fingerprint density at radius 1 is 1.50 bits per heavy atom. The molecule has 1 aliphatic rings. The van der Waals surface area contributed by atoms with E-state index < -0.39 is 0 Å². The summed E-state index contributed by atoms with van der Waals surface area (Å²) < 4.78 is 0. The summed E-state index contributed by atoms with van der Waals surface area (Å²) in [5.74, 6) is 0.0665. The number of rotatable bonds is 5. The van der Waals surface area contributed by atoms with Gasteiger partial charge in [0.05, 0.1) is 10.7 Å². The number of para-hydroxylation sites is 1. The Hall–Kier alpha value is -1.26. The van der Waals surface area contributed by atoms with E-state index in [1.165, 1.54) is 0 Å². The standard InChI is InChI=1S/C15H22ClN3O/c1-3-18-10-11-6-4-7-12(16)14(11)19-9-5-8-13(19)15(20)17-2/h4,6-7,13,18H,3,5,8-10H2,1-2H3,(H,17,20). The largest absolute Gasteiger partial charge is 0.358 e. The molecule has 0 saturated carbocycles. The molecule has 0 spiro atoms. The second-order valence-electron chi connectivity index (χ2n) is 4.99. The van der Waals surface area contributed by atoms with Crippen molar-refractivity contribution >= 4 is 23.2 Å². The molecule has 0 aromatic heterocycles. The highest BCUT2D eigenvalue weighted by atomic mass is 35.5. The van der Waals surface area contributed by atoms with Gasteiger partial charge in [0.15, 0.2) is 0 Å². The predicted octanol–water partition coefficient (Wildman–Crippen LogP) is 2.16. The molecule has 1 atom stereocenters. The maximum Gasteiger partial charge on any atom is 0.242 e. The van der Waals surface area contributed by atoms with Crippen LogP contribution in [0, 0.1) is 0 Å². The van der Waals surface area contributed by atoms with Gasteiger partial charge in [-0.25, -0.2) is 0 Å². The molecular weight excluding hydrogens is 274 g/mol. The van der Waals surface area contributed by atoms with Crippen LogP contribution in [0.3, 0.4) is 0 Å². The molecular formula is C15H22ClN3O. The van der Waals surface area contributed by atoms with Gasteiger partial charge in [0.25, 0.3) is 0 Å². The second-order valence-corrected chi connectivity index (χ2v) is 5.40. The van der Waals surface area contributed by atoms with Crippen LogP contribution in [0.1, 0.15) is 25.3 Å². The molecule has 1 aromatic carbocycles. The smallest absolute Gasteiger partial charge is 0.242 e. The van der Waals surface area contributed by atoms with E-state index in [-0.39, 0.29) is 11.9 Å². The number of likely N-dealkylation sites (N-methyl/N-ethyl adjacent to an activating group) is 1. The van der Waals surface area contributed by atoms with Crippen LogP contribution in [-0.2, 0) is 11.3 Å². The molecule has 110 valence electrons. The van der Waals surface area contributed by atoms with Crippen LogP contribution in [0.2, 0.25) is 5.02 Å². The third-order valence-electron chi connectivity index (χ3n) is 3.72. The monoisotopic (exact) mass is 295 g/mol. The third kappa shape index (κ3) is 3.07. The number of hydrogen-bond acceptors (Lipinski definition) is 3. The van der Waals surface area contributed by atoms with Crippen molar-refractivity contribution in [3.63, 3.8) is 0 Å². The Balaban J connectivity index is 2.32. The Labute approximate surface area is 125 Å². The molecule has 1 unspecified atom stereocenters. The van der Waals surface area contributed by atoms with E-state index >= 15 is 0 Å². The highest BCUT2D eigenvalue weighted by Crippen LogP contribution is 2.35. The summed E-state index contributed by atoms with van der Waals surface area (Å²) in [6.45, 7) is 4.63. The van der Waals surface area contributed by atoms with E-state index in [1.54, 1.807) is 7.05 Å². The lowest BCUT2D eigenvalue weighted by molar-refractivity contribution is -0.121. The van der Waals surface area contributed by atoms with Crippen molar-refractivity contribution in [3.8, 4) is 0 Å². The number of nitrogens with one attached hydrogen (secondary N) is 2. The summed E-state index contributed by atoms with van der Waals surface area (Å²) in [5.41, 5.74) is 2.15. The minimum atomic E-state index is -0.111. The van der Waals surface area contributed by atoms with Crippen LogP contribution >= 0.6 is 11.6 Å². The summed E-state index contributed by atoms with van der Waals surface area (Å²) in [5, 5.41) is 6.80. The van der Waals surface area contributed by atoms with E-state index in [0.29, 0.717) is 0 Å². The average Bonchev–Trinajstić information content (AvgIpc) is 2.93. The third-order valence-corrected chi connectivity index (χ3v) is 4.03. The zero-order valence-corrected chi connectivity index (χ0v) is 12.8. The lowest BCUT2D eigenvalue weighted by Crippen LogP contribution is -2.42. The van der Waals surface area contributed by atoms with Gasteiger partial charge in [-0.2, -0.15) is 0 Å². The SMILES string of the molecule is CCNCc1cccc(Cl)c1N1CCCC1C(=O)NC. The Kier molecular flexibility index (Phi) is 5.26. The van der Waals surface area contributed by atoms with Crippen molar-refractivity contribution in [2.45, 2.75) is 32.4 Å². The minimum Gasteiger partial charge on any atom is -0.358 e. The molecule has 2 N–H and O–H groups in total. The topological polar surface area (TPSA) is 44.4 Å². The van der Waals surface area contributed by atoms with Gasteiger partial charge in [-0.15, -0.1) is 0 Å². The molecule has 1 fully saturated rings. The summed E-state index contributed by atoms with van der Waals surface area (Å²) in [7, 11) is 1.69. The number of amides is 1. The second kappa shape index (κ2) is 6.95. The van der Waals surface area contributed by atoms with Gasteiger partial charge in [0, 0.05) is 20.1 Å². The van der Waals surface area contributed by atoms with Crippen LogP contribution in [-0.4, -0.2) is 32.1 Å². The molecule has 0 radical (unpaired) electrons. The average molecular weight is 296 g/mol. The fourth-order valence-electron chi connectivity index (χ4n) is 2.76. The molecule has 0 aliphatic carbocycles. The van der Waals surface area contributed by atoms with E-state index in [4.69, 9.17) is 11.6 Å². The Bertz CT molecular complexity index is 478. The van der Waals surface area contributed by atoms with Crippen molar-refractivity contribution in [1.29, 1.82) is 0 Å². The lowest BCUT2D eigenvalue weighted by Gasteiger charge is -2.28. The quantitative estimate of drug-likeness (QED) is 0.875. The maximum absolute atomic E-state index is 12.0. The van der Waals surface area contributed by atoms with Gasteiger partial charge in [-0.1, -0.05) is 30.7 Å². The van der Waals surface area contributed by atoms with Gasteiger partial charge < -0.3 is 15.5 Å². The molecule has 1 saturated heterocycles. The minimum absolute atomic E-state index is 0.0665. The first kappa shape index (κ1) is 15.1. The summed E-state index contributed by atoms with van der Waals surface area (Å²) in [4.78, 5) is 14.2. The Morgan fingerprint density at radius 3 is 3.00 bits per heavy atom. The summed E-state index contributed by atoms with van der Waals surface area (Å²) in [6, 6.07) is 5.82. The van der Waals surface area contributed by atoms with Crippen LogP contribution in [0.4, 0.5) is 5.69 Å². The molecule has 1 aliphatic heterocycles. The number of anilines is 1. The van der Waals surface area contributed by atoms with E-state index in [1.807, 2.05) is 12.1 Å². The van der Waals surface area contributed by atoms with Crippen molar-refractivity contribution in [2.75, 3.05) is 25.0 Å². The zero-order chi connectivity index (χ0) is 14.5. The lowest BCUT2D eigenvalue weighted by atomic mass is 10.1. The molecule has 5 heteroatoms. The fourth-order valence-corrected chi connectivity index (χ4v) is 3.06. The molecule has 1 heterocycles. The number of halogens is 1. The number of carbonyl (C=O) groups excluding carboxylic acids is 1. The van der Waals surface area contributed by atoms with E-state index in [9.17, 15) is 4.79 Å². The molecule has 2 rings (SSSR count). The summed E-state index contributed by atoms with van der Waals surface area (Å²) in [6.07, 6.45) is 1.90. The van der Waals surface area contributed by atoms with Crippen LogP contribution in [0.5, 0.6) is 0 Å².